The van der Waals surface area contributed by atoms with Crippen molar-refractivity contribution < 1.29 is 4.79 Å². The van der Waals surface area contributed by atoms with E-state index in [1.165, 1.54) is 11.1 Å². The highest BCUT2D eigenvalue weighted by molar-refractivity contribution is 5.78. The van der Waals surface area contributed by atoms with E-state index in [1.807, 2.05) is 54.6 Å². The summed E-state index contributed by atoms with van der Waals surface area (Å²) >= 11 is 0. The third-order valence-electron chi connectivity index (χ3n) is 4.23. The molecule has 132 valence electrons. The standard InChI is InChI=1S/C23H24N2O/c1-18-6-5-9-21(14-18)17-24-22-12-10-19(11-13-22)15-23(26)25-16-20-7-3-2-4-8-20/h2-14,24H,15-17H2,1H3,(H,25,26). The first kappa shape index (κ1) is 17.7. The number of benzene rings is 3. The van der Waals surface area contributed by atoms with Crippen molar-refractivity contribution in [3.05, 3.63) is 101 Å². The van der Waals surface area contributed by atoms with Gasteiger partial charge in [0, 0.05) is 18.8 Å². The molecular formula is C23H24N2O. The van der Waals surface area contributed by atoms with Crippen LogP contribution < -0.4 is 10.6 Å². The van der Waals surface area contributed by atoms with Crippen LogP contribution in [0.1, 0.15) is 22.3 Å². The van der Waals surface area contributed by atoms with Gasteiger partial charge in [-0.05, 0) is 35.7 Å². The number of carbonyl (C=O) groups excluding carboxylic acids is 1. The lowest BCUT2D eigenvalue weighted by atomic mass is 10.1. The second-order valence-electron chi connectivity index (χ2n) is 6.48. The van der Waals surface area contributed by atoms with Crippen LogP contribution in [-0.4, -0.2) is 5.91 Å². The maximum Gasteiger partial charge on any atom is 0.224 e. The highest BCUT2D eigenvalue weighted by Gasteiger charge is 2.04. The van der Waals surface area contributed by atoms with E-state index in [-0.39, 0.29) is 5.91 Å². The lowest BCUT2D eigenvalue weighted by molar-refractivity contribution is -0.120. The predicted octanol–water partition coefficient (Wildman–Crippen LogP) is 4.47. The van der Waals surface area contributed by atoms with Gasteiger partial charge in [-0.1, -0.05) is 72.3 Å². The SMILES string of the molecule is Cc1cccc(CNc2ccc(CC(=O)NCc3ccccc3)cc2)c1. The van der Waals surface area contributed by atoms with Gasteiger partial charge in [-0.2, -0.15) is 0 Å². The molecule has 0 fully saturated rings. The van der Waals surface area contributed by atoms with Crippen LogP contribution in [-0.2, 0) is 24.3 Å². The predicted molar refractivity (Wildman–Crippen MR) is 107 cm³/mol. The third kappa shape index (κ3) is 5.49. The monoisotopic (exact) mass is 344 g/mol. The van der Waals surface area contributed by atoms with Gasteiger partial charge in [0.1, 0.15) is 0 Å². The lowest BCUT2D eigenvalue weighted by Gasteiger charge is -2.09. The molecule has 0 aliphatic heterocycles. The van der Waals surface area contributed by atoms with Crippen LogP contribution in [0, 0.1) is 6.92 Å². The van der Waals surface area contributed by atoms with Crippen LogP contribution in [0.5, 0.6) is 0 Å². The number of nitrogens with one attached hydrogen (secondary N) is 2. The van der Waals surface area contributed by atoms with Crippen molar-refractivity contribution in [2.75, 3.05) is 5.32 Å². The molecule has 0 saturated carbocycles. The number of amides is 1. The van der Waals surface area contributed by atoms with Crippen molar-refractivity contribution >= 4 is 11.6 Å². The van der Waals surface area contributed by atoms with Crippen LogP contribution >= 0.6 is 0 Å². The minimum Gasteiger partial charge on any atom is -0.381 e. The highest BCUT2D eigenvalue weighted by Crippen LogP contribution is 2.12. The summed E-state index contributed by atoms with van der Waals surface area (Å²) in [6.07, 6.45) is 0.394. The van der Waals surface area contributed by atoms with Gasteiger partial charge in [0.15, 0.2) is 0 Å². The Morgan fingerprint density at radius 1 is 0.769 bits per heavy atom. The molecule has 0 aromatic heterocycles. The largest absolute Gasteiger partial charge is 0.381 e. The highest BCUT2D eigenvalue weighted by atomic mass is 16.1. The lowest BCUT2D eigenvalue weighted by Crippen LogP contribution is -2.24. The zero-order valence-electron chi connectivity index (χ0n) is 15.0. The molecule has 0 saturated heterocycles. The van der Waals surface area contributed by atoms with Crippen LogP contribution in [0.25, 0.3) is 0 Å². The number of hydrogen-bond donors (Lipinski definition) is 2. The van der Waals surface area contributed by atoms with Gasteiger partial charge in [0.05, 0.1) is 6.42 Å². The van der Waals surface area contributed by atoms with Crippen LogP contribution in [0.3, 0.4) is 0 Å². The third-order valence-corrected chi connectivity index (χ3v) is 4.23. The van der Waals surface area contributed by atoms with Gasteiger partial charge < -0.3 is 10.6 Å². The minimum absolute atomic E-state index is 0.0364. The molecule has 0 radical (unpaired) electrons. The minimum atomic E-state index is 0.0364. The zero-order chi connectivity index (χ0) is 18.2. The van der Waals surface area contributed by atoms with Gasteiger partial charge in [-0.25, -0.2) is 0 Å². The first-order valence-corrected chi connectivity index (χ1v) is 8.88. The molecule has 3 nitrogen and oxygen atoms in total. The summed E-state index contributed by atoms with van der Waals surface area (Å²) < 4.78 is 0. The van der Waals surface area contributed by atoms with Crippen molar-refractivity contribution in [1.29, 1.82) is 0 Å². The second kappa shape index (κ2) is 8.86. The Morgan fingerprint density at radius 3 is 2.23 bits per heavy atom. The number of aryl methyl sites for hydroxylation is 1. The Balaban J connectivity index is 1.47. The average molecular weight is 344 g/mol. The van der Waals surface area contributed by atoms with E-state index >= 15 is 0 Å². The van der Waals surface area contributed by atoms with Crippen molar-refractivity contribution in [3.63, 3.8) is 0 Å². The summed E-state index contributed by atoms with van der Waals surface area (Å²) in [5.74, 6) is 0.0364. The molecule has 0 aliphatic carbocycles. The zero-order valence-corrected chi connectivity index (χ0v) is 15.0. The summed E-state index contributed by atoms with van der Waals surface area (Å²) in [4.78, 5) is 12.1. The molecule has 2 N–H and O–H groups in total. The van der Waals surface area contributed by atoms with E-state index in [0.717, 1.165) is 23.4 Å². The van der Waals surface area contributed by atoms with Gasteiger partial charge in [-0.15, -0.1) is 0 Å². The van der Waals surface area contributed by atoms with Crippen LogP contribution in [0.2, 0.25) is 0 Å². The van der Waals surface area contributed by atoms with Gasteiger partial charge in [0.2, 0.25) is 5.91 Å². The topological polar surface area (TPSA) is 41.1 Å². The fourth-order valence-electron chi connectivity index (χ4n) is 2.81. The maximum atomic E-state index is 12.1. The Bertz CT molecular complexity index is 842. The maximum absolute atomic E-state index is 12.1. The smallest absolute Gasteiger partial charge is 0.224 e. The Morgan fingerprint density at radius 2 is 1.50 bits per heavy atom. The van der Waals surface area contributed by atoms with E-state index in [0.29, 0.717) is 13.0 Å². The number of anilines is 1. The Hall–Kier alpha value is -3.07. The van der Waals surface area contributed by atoms with Crippen molar-refractivity contribution in [3.8, 4) is 0 Å². The Labute approximate surface area is 155 Å². The fourth-order valence-corrected chi connectivity index (χ4v) is 2.81. The molecular weight excluding hydrogens is 320 g/mol. The van der Waals surface area contributed by atoms with Crippen molar-refractivity contribution in [1.82, 2.24) is 5.32 Å². The van der Waals surface area contributed by atoms with E-state index in [1.54, 1.807) is 0 Å². The molecule has 26 heavy (non-hydrogen) atoms. The molecule has 0 atom stereocenters. The van der Waals surface area contributed by atoms with Gasteiger partial charge in [0.25, 0.3) is 0 Å². The quantitative estimate of drug-likeness (QED) is 0.664. The van der Waals surface area contributed by atoms with E-state index < -0.39 is 0 Å². The fraction of sp³-hybridized carbons (Fsp3) is 0.174. The van der Waals surface area contributed by atoms with Gasteiger partial charge in [-0.3, -0.25) is 4.79 Å². The van der Waals surface area contributed by atoms with Crippen LogP contribution in [0.4, 0.5) is 5.69 Å². The number of hydrogen-bond acceptors (Lipinski definition) is 2. The Kier molecular flexibility index (Phi) is 6.05. The molecule has 0 spiro atoms. The van der Waals surface area contributed by atoms with E-state index in [9.17, 15) is 4.79 Å². The molecule has 0 aliphatic rings. The number of rotatable bonds is 7. The number of carbonyl (C=O) groups is 1. The van der Waals surface area contributed by atoms with Crippen LogP contribution in [0.15, 0.2) is 78.9 Å². The summed E-state index contributed by atoms with van der Waals surface area (Å²) in [6, 6.07) is 26.5. The van der Waals surface area contributed by atoms with Crippen molar-refractivity contribution in [2.24, 2.45) is 0 Å². The first-order valence-electron chi connectivity index (χ1n) is 8.88. The summed E-state index contributed by atoms with van der Waals surface area (Å²) in [5, 5.41) is 6.37. The second-order valence-corrected chi connectivity index (χ2v) is 6.48. The summed E-state index contributed by atoms with van der Waals surface area (Å²) in [7, 11) is 0. The molecule has 0 heterocycles. The van der Waals surface area contributed by atoms with Gasteiger partial charge >= 0.3 is 0 Å². The molecule has 1 amide bonds. The average Bonchev–Trinajstić information content (AvgIpc) is 2.67. The molecule has 0 bridgehead atoms. The first-order chi connectivity index (χ1) is 12.7. The normalized spacial score (nSPS) is 10.3. The molecule has 3 aromatic rings. The van der Waals surface area contributed by atoms with Crippen molar-refractivity contribution in [2.45, 2.75) is 26.4 Å². The van der Waals surface area contributed by atoms with E-state index in [2.05, 4.69) is 41.8 Å². The van der Waals surface area contributed by atoms with E-state index in [4.69, 9.17) is 0 Å². The summed E-state index contributed by atoms with van der Waals surface area (Å²) in [6.45, 7) is 3.45. The summed E-state index contributed by atoms with van der Waals surface area (Å²) in [5.41, 5.74) is 5.70. The molecule has 3 aromatic carbocycles. The molecule has 3 heteroatoms. The molecule has 3 rings (SSSR count). The molecule has 0 unspecified atom stereocenters.